The van der Waals surface area contributed by atoms with Gasteiger partial charge in [0.25, 0.3) is 0 Å². The van der Waals surface area contributed by atoms with Crippen molar-refractivity contribution in [3.8, 4) is 0 Å². The number of carbonyl (C=O) groups excluding carboxylic acids is 1. The number of urea groups is 1. The van der Waals surface area contributed by atoms with Gasteiger partial charge in [-0.15, -0.1) is 0 Å². The zero-order chi connectivity index (χ0) is 16.6. The number of amides is 2. The van der Waals surface area contributed by atoms with E-state index in [4.69, 9.17) is 5.73 Å². The maximum Gasteiger partial charge on any atom is 0.326 e. The third-order valence-electron chi connectivity index (χ3n) is 4.87. The number of carbonyl (C=O) groups is 1. The summed E-state index contributed by atoms with van der Waals surface area (Å²) in [5, 5.41) is 2.02. The molecular formula is C19H39N3O. The molecule has 2 amide bonds. The molecule has 0 saturated carbocycles. The first kappa shape index (κ1) is 20.3. The van der Waals surface area contributed by atoms with Gasteiger partial charge in [0.05, 0.1) is 0 Å². The Morgan fingerprint density at radius 3 is 1.09 bits per heavy atom. The molecule has 0 bridgehead atoms. The van der Waals surface area contributed by atoms with E-state index in [2.05, 4.69) is 5.43 Å². The van der Waals surface area contributed by atoms with Gasteiger partial charge in [-0.05, 0) is 12.8 Å². The summed E-state index contributed by atoms with van der Waals surface area (Å²) in [5.74, 6) is 0. The van der Waals surface area contributed by atoms with E-state index >= 15 is 0 Å². The van der Waals surface area contributed by atoms with Crippen molar-refractivity contribution in [3.63, 3.8) is 0 Å². The maximum atomic E-state index is 11.1. The topological polar surface area (TPSA) is 58.4 Å². The third kappa shape index (κ3) is 13.4. The van der Waals surface area contributed by atoms with E-state index in [1.165, 1.54) is 89.9 Å². The summed E-state index contributed by atoms with van der Waals surface area (Å²) in [6.45, 7) is 1.87. The number of hydrogen-bond donors (Lipinski definition) is 2. The Balaban J connectivity index is 2.25. The van der Waals surface area contributed by atoms with Crippen molar-refractivity contribution >= 4 is 6.03 Å². The first-order valence-corrected chi connectivity index (χ1v) is 10.1. The second kappa shape index (κ2) is 14.8. The molecule has 0 radical (unpaired) electrons. The number of nitrogens with one attached hydrogen (secondary N) is 1. The second-order valence-electron chi connectivity index (χ2n) is 7.12. The molecule has 1 fully saturated rings. The fourth-order valence-electron chi connectivity index (χ4n) is 3.46. The Morgan fingerprint density at radius 1 is 0.565 bits per heavy atom. The van der Waals surface area contributed by atoms with Gasteiger partial charge in [-0.25, -0.2) is 9.80 Å². The molecule has 0 aliphatic carbocycles. The van der Waals surface area contributed by atoms with Gasteiger partial charge in [-0.3, -0.25) is 5.43 Å². The fourth-order valence-corrected chi connectivity index (χ4v) is 3.46. The average Bonchev–Trinajstić information content (AvgIpc) is 2.52. The molecule has 23 heavy (non-hydrogen) atoms. The van der Waals surface area contributed by atoms with Crippen molar-refractivity contribution in [1.82, 2.24) is 10.4 Å². The van der Waals surface area contributed by atoms with Crippen LogP contribution in [0.3, 0.4) is 0 Å². The maximum absolute atomic E-state index is 11.1. The summed E-state index contributed by atoms with van der Waals surface area (Å²) >= 11 is 0. The average molecular weight is 326 g/mol. The van der Waals surface area contributed by atoms with Crippen LogP contribution in [0.25, 0.3) is 0 Å². The summed E-state index contributed by atoms with van der Waals surface area (Å²) in [7, 11) is 0. The van der Waals surface area contributed by atoms with E-state index in [0.29, 0.717) is 0 Å². The third-order valence-corrected chi connectivity index (χ3v) is 4.87. The molecule has 0 aromatic rings. The van der Waals surface area contributed by atoms with E-state index in [1.54, 1.807) is 0 Å². The summed E-state index contributed by atoms with van der Waals surface area (Å²) < 4.78 is 0. The summed E-state index contributed by atoms with van der Waals surface area (Å²) in [6, 6.07) is -0.427. The number of primary amides is 1. The van der Waals surface area contributed by atoms with Crippen LogP contribution in [0.1, 0.15) is 103 Å². The van der Waals surface area contributed by atoms with Crippen LogP contribution in [0.15, 0.2) is 0 Å². The summed E-state index contributed by atoms with van der Waals surface area (Å²) in [4.78, 5) is 11.1. The normalized spacial score (nSPS) is 22.4. The largest absolute Gasteiger partial charge is 0.351 e. The first-order chi connectivity index (χ1) is 11.3. The molecule has 0 aromatic heterocycles. The minimum absolute atomic E-state index is 0.427. The van der Waals surface area contributed by atoms with Crippen molar-refractivity contribution in [1.29, 1.82) is 0 Å². The lowest BCUT2D eigenvalue weighted by Crippen LogP contribution is -2.45. The Kier molecular flexibility index (Phi) is 13.0. The van der Waals surface area contributed by atoms with E-state index in [-0.39, 0.29) is 0 Å². The van der Waals surface area contributed by atoms with Gasteiger partial charge < -0.3 is 5.73 Å². The van der Waals surface area contributed by atoms with E-state index in [9.17, 15) is 4.79 Å². The monoisotopic (exact) mass is 325 g/mol. The molecule has 1 saturated heterocycles. The molecule has 1 heterocycles. The zero-order valence-electron chi connectivity index (χ0n) is 15.2. The molecule has 0 unspecified atom stereocenters. The number of nitrogens with two attached hydrogens (primary N) is 1. The molecule has 1 rings (SSSR count). The Bertz CT molecular complexity index is 264. The zero-order valence-corrected chi connectivity index (χ0v) is 15.2. The van der Waals surface area contributed by atoms with Gasteiger partial charge in [0.15, 0.2) is 0 Å². The van der Waals surface area contributed by atoms with Crippen LogP contribution in [0, 0.1) is 0 Å². The quantitative estimate of drug-likeness (QED) is 0.702. The predicted octanol–water partition coefficient (Wildman–Crippen LogP) is 5.13. The lowest BCUT2D eigenvalue weighted by Gasteiger charge is -2.22. The van der Waals surface area contributed by atoms with Crippen LogP contribution < -0.4 is 11.2 Å². The molecule has 136 valence electrons. The van der Waals surface area contributed by atoms with Crippen LogP contribution in [0.4, 0.5) is 4.79 Å². The molecule has 1 aliphatic rings. The lowest BCUT2D eigenvalue weighted by molar-refractivity contribution is 0.177. The van der Waals surface area contributed by atoms with Crippen LogP contribution >= 0.6 is 0 Å². The van der Waals surface area contributed by atoms with Gasteiger partial charge >= 0.3 is 6.03 Å². The number of rotatable bonds is 1. The van der Waals surface area contributed by atoms with Crippen molar-refractivity contribution in [2.24, 2.45) is 5.73 Å². The molecule has 0 aromatic carbocycles. The lowest BCUT2D eigenvalue weighted by atomic mass is 10.0. The van der Waals surface area contributed by atoms with Gasteiger partial charge in [0.2, 0.25) is 0 Å². The SMILES string of the molecule is NC(=O)NN1CCCCCCCCCCCCCCCCCC1. The van der Waals surface area contributed by atoms with Gasteiger partial charge in [-0.1, -0.05) is 89.9 Å². The van der Waals surface area contributed by atoms with Crippen LogP contribution in [0.2, 0.25) is 0 Å². The minimum atomic E-state index is -0.427. The Hall–Kier alpha value is -0.770. The highest BCUT2D eigenvalue weighted by atomic mass is 16.2. The molecule has 1 aliphatic heterocycles. The molecule has 3 N–H and O–H groups in total. The Morgan fingerprint density at radius 2 is 0.826 bits per heavy atom. The van der Waals surface area contributed by atoms with E-state index in [0.717, 1.165) is 25.9 Å². The van der Waals surface area contributed by atoms with Crippen LogP contribution in [-0.2, 0) is 0 Å². The van der Waals surface area contributed by atoms with Crippen molar-refractivity contribution in [2.45, 2.75) is 103 Å². The van der Waals surface area contributed by atoms with Crippen molar-refractivity contribution < 1.29 is 4.79 Å². The molecule has 0 atom stereocenters. The smallest absolute Gasteiger partial charge is 0.326 e. The summed E-state index contributed by atoms with van der Waals surface area (Å²) in [6.07, 6.45) is 21.5. The number of hydrazine groups is 1. The molecular weight excluding hydrogens is 286 g/mol. The first-order valence-electron chi connectivity index (χ1n) is 10.1. The van der Waals surface area contributed by atoms with Gasteiger partial charge in [-0.2, -0.15) is 0 Å². The van der Waals surface area contributed by atoms with Gasteiger partial charge in [0, 0.05) is 13.1 Å². The highest BCUT2D eigenvalue weighted by Crippen LogP contribution is 2.14. The highest BCUT2D eigenvalue weighted by Gasteiger charge is 2.06. The summed E-state index contributed by atoms with van der Waals surface area (Å²) in [5.41, 5.74) is 8.06. The van der Waals surface area contributed by atoms with Crippen LogP contribution in [0.5, 0.6) is 0 Å². The highest BCUT2D eigenvalue weighted by molar-refractivity contribution is 5.70. The second-order valence-corrected chi connectivity index (χ2v) is 7.12. The van der Waals surface area contributed by atoms with Crippen molar-refractivity contribution in [2.75, 3.05) is 13.1 Å². The van der Waals surface area contributed by atoms with Crippen LogP contribution in [-0.4, -0.2) is 24.1 Å². The Labute approximate surface area is 143 Å². The molecule has 4 heteroatoms. The number of hydrogen-bond acceptors (Lipinski definition) is 2. The van der Waals surface area contributed by atoms with Crippen molar-refractivity contribution in [3.05, 3.63) is 0 Å². The standard InChI is InChI=1S/C19H39N3O/c20-19(23)21-22-17-15-13-11-9-7-5-3-1-2-4-6-8-10-12-14-16-18-22/h1-18H2,(H3,20,21,23). The fraction of sp³-hybridized carbons (Fsp3) is 0.947. The van der Waals surface area contributed by atoms with Gasteiger partial charge in [0.1, 0.15) is 0 Å². The minimum Gasteiger partial charge on any atom is -0.351 e. The number of nitrogens with zero attached hydrogens (tertiary/aromatic N) is 1. The predicted molar refractivity (Wildman–Crippen MR) is 98.2 cm³/mol. The molecule has 0 spiro atoms. The molecule has 4 nitrogen and oxygen atoms in total. The van der Waals surface area contributed by atoms with E-state index < -0.39 is 6.03 Å². The van der Waals surface area contributed by atoms with E-state index in [1.807, 2.05) is 5.01 Å².